The van der Waals surface area contributed by atoms with Gasteiger partial charge < -0.3 is 10.4 Å². The van der Waals surface area contributed by atoms with Gasteiger partial charge in [-0.1, -0.05) is 42.5 Å². The molecule has 0 aliphatic heterocycles. The maximum Gasteiger partial charge on any atom is 0.433 e. The predicted molar refractivity (Wildman–Crippen MR) is 148 cm³/mol. The highest BCUT2D eigenvalue weighted by atomic mass is 32.2. The van der Waals surface area contributed by atoms with E-state index in [0.717, 1.165) is 33.9 Å². The second-order valence-electron chi connectivity index (χ2n) is 10.3. The average Bonchev–Trinajstić information content (AvgIpc) is 2.87. The molecule has 4 aromatic rings. The van der Waals surface area contributed by atoms with Crippen molar-refractivity contribution in [1.82, 2.24) is 10.3 Å². The Kier molecular flexibility index (Phi) is 8.13. The fraction of sp³-hybridized carbons (Fsp3) is 0.233. The van der Waals surface area contributed by atoms with E-state index in [1.165, 1.54) is 12.3 Å². The van der Waals surface area contributed by atoms with Crippen LogP contribution in [0, 0.1) is 0 Å². The molecule has 0 fully saturated rings. The Morgan fingerprint density at radius 3 is 1.97 bits per heavy atom. The Morgan fingerprint density at radius 1 is 0.821 bits per heavy atom. The summed E-state index contributed by atoms with van der Waals surface area (Å²) in [5.74, 6) is 0.0425. The summed E-state index contributed by atoms with van der Waals surface area (Å²) >= 11 is 0. The number of nitrogens with one attached hydrogen (secondary N) is 1. The molecule has 1 heterocycles. The van der Waals surface area contributed by atoms with Crippen molar-refractivity contribution in [2.45, 2.75) is 44.8 Å². The monoisotopic (exact) mass is 554 g/mol. The molecule has 0 saturated carbocycles. The number of aromatic hydroxyl groups is 1. The van der Waals surface area contributed by atoms with Gasteiger partial charge in [0.25, 0.3) is 0 Å². The van der Waals surface area contributed by atoms with Crippen molar-refractivity contribution in [2.24, 2.45) is 0 Å². The molecule has 0 spiro atoms. The molecule has 0 atom stereocenters. The number of phenols is 1. The fourth-order valence-corrected chi connectivity index (χ4v) is 4.75. The molecule has 4 rings (SSSR count). The van der Waals surface area contributed by atoms with Crippen LogP contribution in [-0.2, 0) is 29.2 Å². The molecule has 0 aliphatic carbocycles. The van der Waals surface area contributed by atoms with E-state index in [1.807, 2.05) is 45.0 Å². The largest absolute Gasteiger partial charge is 0.508 e. The number of nitrogens with zero attached hydrogens (tertiary/aromatic N) is 1. The first-order chi connectivity index (χ1) is 18.3. The van der Waals surface area contributed by atoms with Gasteiger partial charge in [-0.05, 0) is 90.0 Å². The average molecular weight is 555 g/mol. The van der Waals surface area contributed by atoms with E-state index in [-0.39, 0.29) is 17.0 Å². The number of alkyl halides is 3. The lowest BCUT2D eigenvalue weighted by Crippen LogP contribution is -2.35. The predicted octanol–water partition coefficient (Wildman–Crippen LogP) is 6.81. The number of pyridine rings is 1. The second kappa shape index (κ2) is 11.2. The number of halogens is 3. The van der Waals surface area contributed by atoms with Crippen LogP contribution in [0.5, 0.6) is 5.75 Å². The van der Waals surface area contributed by atoms with E-state index in [9.17, 15) is 26.7 Å². The van der Waals surface area contributed by atoms with E-state index in [0.29, 0.717) is 23.2 Å². The third-order valence-corrected chi connectivity index (χ3v) is 6.77. The Labute approximate surface area is 227 Å². The molecule has 1 aromatic heterocycles. The third kappa shape index (κ3) is 7.25. The molecular formula is C30H29F3N2O3S. The Balaban J connectivity index is 1.95. The van der Waals surface area contributed by atoms with Crippen molar-refractivity contribution in [3.8, 4) is 39.1 Å². The van der Waals surface area contributed by atoms with Crippen LogP contribution in [0.3, 0.4) is 0 Å². The smallest absolute Gasteiger partial charge is 0.433 e. The zero-order valence-electron chi connectivity index (χ0n) is 21.7. The highest BCUT2D eigenvalue weighted by Gasteiger charge is 2.32. The van der Waals surface area contributed by atoms with Crippen LogP contribution in [0.2, 0.25) is 0 Å². The van der Waals surface area contributed by atoms with Gasteiger partial charge in [0, 0.05) is 23.8 Å². The Bertz CT molecular complexity index is 1510. The summed E-state index contributed by atoms with van der Waals surface area (Å²) < 4.78 is 62.0. The maximum atomic E-state index is 13.2. The topological polar surface area (TPSA) is 79.3 Å². The Hall–Kier alpha value is -3.69. The van der Waals surface area contributed by atoms with Crippen molar-refractivity contribution in [3.63, 3.8) is 0 Å². The highest BCUT2D eigenvalue weighted by molar-refractivity contribution is 7.71. The van der Waals surface area contributed by atoms with E-state index in [4.69, 9.17) is 0 Å². The molecule has 0 aliphatic rings. The summed E-state index contributed by atoms with van der Waals surface area (Å²) in [5, 5.41) is 13.4. The van der Waals surface area contributed by atoms with Gasteiger partial charge in [0.1, 0.15) is 22.1 Å². The molecule has 2 N–H and O–H groups in total. The van der Waals surface area contributed by atoms with Crippen LogP contribution in [0.4, 0.5) is 13.2 Å². The Morgan fingerprint density at radius 2 is 1.44 bits per heavy atom. The van der Waals surface area contributed by atoms with Gasteiger partial charge in [-0.15, -0.1) is 0 Å². The summed E-state index contributed by atoms with van der Waals surface area (Å²) in [7, 11) is -2.55. The lowest BCUT2D eigenvalue weighted by molar-refractivity contribution is -0.141. The first-order valence-corrected chi connectivity index (χ1v) is 13.6. The summed E-state index contributed by atoms with van der Waals surface area (Å²) in [4.78, 5) is 3.69. The zero-order valence-corrected chi connectivity index (χ0v) is 22.6. The molecule has 3 aromatic carbocycles. The van der Waals surface area contributed by atoms with Gasteiger partial charge in [0.05, 0.1) is 5.75 Å². The molecular weight excluding hydrogens is 525 g/mol. The lowest BCUT2D eigenvalue weighted by Gasteiger charge is -2.24. The van der Waals surface area contributed by atoms with Crippen LogP contribution >= 0.6 is 0 Å². The van der Waals surface area contributed by atoms with Crippen molar-refractivity contribution >= 4 is 10.7 Å². The van der Waals surface area contributed by atoms with Crippen LogP contribution in [0.15, 0.2) is 79.0 Å². The summed E-state index contributed by atoms with van der Waals surface area (Å²) in [6.45, 7) is 6.58. The molecule has 9 heteroatoms. The minimum Gasteiger partial charge on any atom is -0.508 e. The summed E-state index contributed by atoms with van der Waals surface area (Å²) in [5.41, 5.74) is 4.79. The van der Waals surface area contributed by atoms with E-state index >= 15 is 0 Å². The number of hydrogen-bond donors (Lipinski definition) is 3. The fourth-order valence-electron chi connectivity index (χ4n) is 4.24. The van der Waals surface area contributed by atoms with Gasteiger partial charge in [0.2, 0.25) is 0 Å². The number of phenolic OH excluding ortho intramolecular Hbond substituents is 1. The number of aromatic nitrogens is 1. The van der Waals surface area contributed by atoms with Crippen molar-refractivity contribution in [3.05, 3.63) is 95.8 Å². The van der Waals surface area contributed by atoms with Gasteiger partial charge in [-0.25, -0.2) is 8.42 Å². The molecule has 0 radical (unpaired) electrons. The molecule has 0 bridgehead atoms. The van der Waals surface area contributed by atoms with Gasteiger partial charge in [0.15, 0.2) is 0 Å². The summed E-state index contributed by atoms with van der Waals surface area (Å²) in [6, 6.07) is 20.1. The molecule has 0 unspecified atom stereocenters. The second-order valence-corrected chi connectivity index (χ2v) is 11.3. The lowest BCUT2D eigenvalue weighted by atomic mass is 9.87. The SMILES string of the molecule is CC(C)(C)NCc1cc(-c2ccc(C[SH](=O)=O)cc2)cc(-c2ccc(C(F)(F)F)nc2)c1-c1ccc(O)cc1. The van der Waals surface area contributed by atoms with Crippen LogP contribution in [-0.4, -0.2) is 24.0 Å². The molecule has 5 nitrogen and oxygen atoms in total. The van der Waals surface area contributed by atoms with Crippen LogP contribution in [0.25, 0.3) is 33.4 Å². The maximum absolute atomic E-state index is 13.2. The highest BCUT2D eigenvalue weighted by Crippen LogP contribution is 2.40. The normalized spacial score (nSPS) is 12.2. The van der Waals surface area contributed by atoms with Crippen molar-refractivity contribution < 1.29 is 26.7 Å². The molecule has 0 amide bonds. The van der Waals surface area contributed by atoms with Crippen molar-refractivity contribution in [2.75, 3.05) is 0 Å². The van der Waals surface area contributed by atoms with E-state index in [2.05, 4.69) is 10.3 Å². The molecule has 204 valence electrons. The van der Waals surface area contributed by atoms with E-state index in [1.54, 1.807) is 36.4 Å². The van der Waals surface area contributed by atoms with E-state index < -0.39 is 22.6 Å². The van der Waals surface area contributed by atoms with Crippen molar-refractivity contribution in [1.29, 1.82) is 0 Å². The minimum absolute atomic E-state index is 0.0569. The summed E-state index contributed by atoms with van der Waals surface area (Å²) in [6.07, 6.45) is -3.33. The zero-order chi connectivity index (χ0) is 28.4. The quantitative estimate of drug-likeness (QED) is 0.219. The first-order valence-electron chi connectivity index (χ1n) is 12.3. The van der Waals surface area contributed by atoms with Crippen LogP contribution < -0.4 is 5.32 Å². The molecule has 0 saturated heterocycles. The first kappa shape index (κ1) is 28.3. The number of hydrogen-bond acceptors (Lipinski definition) is 5. The number of benzene rings is 3. The van der Waals surface area contributed by atoms with Gasteiger partial charge in [-0.2, -0.15) is 13.2 Å². The third-order valence-electron chi connectivity index (χ3n) is 6.15. The van der Waals surface area contributed by atoms with Crippen LogP contribution in [0.1, 0.15) is 37.6 Å². The number of thiol groups is 1. The van der Waals surface area contributed by atoms with Gasteiger partial charge >= 0.3 is 6.18 Å². The minimum atomic E-state index is -4.56. The standard InChI is InChI=1S/C30H29F3N2O3S/c1-29(2,3)35-17-24-14-23(20-6-4-19(5-7-20)18-39(37)38)15-26(28(24)21-8-11-25(36)12-9-21)22-10-13-27(34-16-22)30(31,32)33/h4-16,35-36,39H,17-18H2,1-3H3. The number of rotatable bonds is 7. The molecule has 39 heavy (non-hydrogen) atoms. The van der Waals surface area contributed by atoms with Gasteiger partial charge in [-0.3, -0.25) is 4.98 Å².